The van der Waals surface area contributed by atoms with E-state index in [1.165, 1.54) is 12.1 Å². The van der Waals surface area contributed by atoms with Crippen molar-refractivity contribution in [2.45, 2.75) is 0 Å². The highest BCUT2D eigenvalue weighted by Crippen LogP contribution is 2.26. The minimum Gasteiger partial charge on any atom is -0.360 e. The molecule has 1 heterocycles. The van der Waals surface area contributed by atoms with Gasteiger partial charge in [0.1, 0.15) is 5.82 Å². The number of H-pyrrole nitrogens is 1. The van der Waals surface area contributed by atoms with Gasteiger partial charge in [0.05, 0.1) is 5.02 Å². The molecule has 100 valence electrons. The fraction of sp³-hybridized carbons (Fsp3) is 0. The molecule has 0 aliphatic rings. The van der Waals surface area contributed by atoms with Crippen molar-refractivity contribution in [1.29, 1.82) is 0 Å². The lowest BCUT2D eigenvalue weighted by Gasteiger charge is -2.03. The predicted molar refractivity (Wildman–Crippen MR) is 78.2 cm³/mol. The summed E-state index contributed by atoms with van der Waals surface area (Å²) in [5.41, 5.74) is 1.51. The zero-order chi connectivity index (χ0) is 14.3. The van der Waals surface area contributed by atoms with Gasteiger partial charge in [-0.25, -0.2) is 4.39 Å². The van der Waals surface area contributed by atoms with Crippen LogP contribution in [0.25, 0.3) is 10.9 Å². The maximum atomic E-state index is 13.0. The molecule has 0 saturated heterocycles. The Morgan fingerprint density at radius 2 is 1.85 bits per heavy atom. The number of aromatic nitrogens is 1. The van der Waals surface area contributed by atoms with E-state index in [9.17, 15) is 9.18 Å². The number of benzene rings is 2. The lowest BCUT2D eigenvalue weighted by atomic mass is 10.0. The third-order valence-electron chi connectivity index (χ3n) is 3.06. The van der Waals surface area contributed by atoms with Crippen LogP contribution in [0.4, 0.5) is 4.39 Å². The summed E-state index contributed by atoms with van der Waals surface area (Å²) in [5.74, 6) is -0.735. The first kappa shape index (κ1) is 13.2. The number of ketones is 1. The second kappa shape index (κ2) is 4.93. The molecule has 0 unspecified atom stereocenters. The molecule has 20 heavy (non-hydrogen) atoms. The number of carbonyl (C=O) groups is 1. The molecule has 0 bridgehead atoms. The molecular weight excluding hydrogens is 300 g/mol. The average Bonchev–Trinajstić information content (AvgIpc) is 2.80. The van der Waals surface area contributed by atoms with Crippen LogP contribution < -0.4 is 0 Å². The van der Waals surface area contributed by atoms with E-state index in [0.717, 1.165) is 17.0 Å². The lowest BCUT2D eigenvalue weighted by molar-refractivity contribution is 0.104. The Bertz CT molecular complexity index is 826. The van der Waals surface area contributed by atoms with Crippen LogP contribution in [0.3, 0.4) is 0 Å². The molecule has 1 aromatic heterocycles. The van der Waals surface area contributed by atoms with E-state index >= 15 is 0 Å². The standard InChI is InChI=1S/C15H8Cl2FNO/c16-8-1-3-10-12(7-19-14(10)5-8)15(20)11-4-2-9(18)6-13(11)17/h1-7,19H. The van der Waals surface area contributed by atoms with Crippen LogP contribution in [-0.4, -0.2) is 10.8 Å². The van der Waals surface area contributed by atoms with Crippen molar-refractivity contribution in [2.24, 2.45) is 0 Å². The summed E-state index contributed by atoms with van der Waals surface area (Å²) in [4.78, 5) is 15.5. The molecule has 0 aliphatic heterocycles. The Hall–Kier alpha value is -1.84. The van der Waals surface area contributed by atoms with Gasteiger partial charge in [-0.15, -0.1) is 0 Å². The first-order chi connectivity index (χ1) is 9.56. The summed E-state index contributed by atoms with van der Waals surface area (Å²) >= 11 is 11.8. The van der Waals surface area contributed by atoms with Crippen LogP contribution >= 0.6 is 23.2 Å². The Morgan fingerprint density at radius 1 is 1.05 bits per heavy atom. The van der Waals surface area contributed by atoms with Gasteiger partial charge >= 0.3 is 0 Å². The van der Waals surface area contributed by atoms with Crippen molar-refractivity contribution in [3.05, 3.63) is 69.6 Å². The summed E-state index contributed by atoms with van der Waals surface area (Å²) in [6, 6.07) is 8.93. The molecule has 3 aromatic rings. The molecule has 0 fully saturated rings. The SMILES string of the molecule is O=C(c1ccc(F)cc1Cl)c1c[nH]c2cc(Cl)ccc12. The molecular formula is C15H8Cl2FNO. The van der Waals surface area contributed by atoms with Crippen molar-refractivity contribution < 1.29 is 9.18 Å². The van der Waals surface area contributed by atoms with Crippen molar-refractivity contribution >= 4 is 39.9 Å². The van der Waals surface area contributed by atoms with Gasteiger partial charge in [0.25, 0.3) is 0 Å². The summed E-state index contributed by atoms with van der Waals surface area (Å²) < 4.78 is 13.0. The minimum absolute atomic E-state index is 0.0957. The van der Waals surface area contributed by atoms with E-state index in [2.05, 4.69) is 4.98 Å². The first-order valence-electron chi connectivity index (χ1n) is 5.82. The third-order valence-corrected chi connectivity index (χ3v) is 3.61. The topological polar surface area (TPSA) is 32.9 Å². The van der Waals surface area contributed by atoms with E-state index < -0.39 is 5.82 Å². The second-order valence-corrected chi connectivity index (χ2v) is 5.19. The molecule has 0 spiro atoms. The highest BCUT2D eigenvalue weighted by molar-refractivity contribution is 6.35. The average molecular weight is 308 g/mol. The van der Waals surface area contributed by atoms with E-state index in [-0.39, 0.29) is 16.4 Å². The minimum atomic E-state index is -0.475. The fourth-order valence-electron chi connectivity index (χ4n) is 2.10. The van der Waals surface area contributed by atoms with Gasteiger partial charge in [0, 0.05) is 33.2 Å². The summed E-state index contributed by atoms with van der Waals surface area (Å²) in [7, 11) is 0. The Balaban J connectivity index is 2.13. The zero-order valence-electron chi connectivity index (χ0n) is 10.1. The molecule has 5 heteroatoms. The molecule has 1 N–H and O–H groups in total. The van der Waals surface area contributed by atoms with Crippen LogP contribution in [-0.2, 0) is 0 Å². The molecule has 0 saturated carbocycles. The van der Waals surface area contributed by atoms with Crippen LogP contribution in [0.5, 0.6) is 0 Å². The smallest absolute Gasteiger partial charge is 0.196 e. The van der Waals surface area contributed by atoms with Gasteiger partial charge in [-0.05, 0) is 30.3 Å². The van der Waals surface area contributed by atoms with Gasteiger partial charge in [0.2, 0.25) is 0 Å². The molecule has 3 rings (SSSR count). The second-order valence-electron chi connectivity index (χ2n) is 4.35. The molecule has 0 radical (unpaired) electrons. The number of hydrogen-bond donors (Lipinski definition) is 1. The highest BCUT2D eigenvalue weighted by Gasteiger charge is 2.17. The van der Waals surface area contributed by atoms with Gasteiger partial charge in [0.15, 0.2) is 5.78 Å². The molecule has 2 aromatic carbocycles. The Kier molecular flexibility index (Phi) is 3.24. The summed E-state index contributed by atoms with van der Waals surface area (Å²) in [6.45, 7) is 0. The van der Waals surface area contributed by atoms with Gasteiger partial charge in [-0.3, -0.25) is 4.79 Å². The van der Waals surface area contributed by atoms with Crippen molar-refractivity contribution in [3.8, 4) is 0 Å². The summed E-state index contributed by atoms with van der Waals surface area (Å²) in [5, 5.41) is 1.43. The normalized spacial score (nSPS) is 10.9. The van der Waals surface area contributed by atoms with E-state index in [4.69, 9.17) is 23.2 Å². The maximum Gasteiger partial charge on any atom is 0.196 e. The maximum absolute atomic E-state index is 13.0. The number of halogens is 3. The number of aromatic amines is 1. The van der Waals surface area contributed by atoms with Crippen LogP contribution in [0.15, 0.2) is 42.6 Å². The number of hydrogen-bond acceptors (Lipinski definition) is 1. The lowest BCUT2D eigenvalue weighted by Crippen LogP contribution is -2.01. The molecule has 0 aliphatic carbocycles. The van der Waals surface area contributed by atoms with Gasteiger partial charge in [-0.1, -0.05) is 29.3 Å². The van der Waals surface area contributed by atoms with Crippen LogP contribution in [0, 0.1) is 5.82 Å². The van der Waals surface area contributed by atoms with E-state index in [1.807, 2.05) is 0 Å². The van der Waals surface area contributed by atoms with Crippen LogP contribution in [0.2, 0.25) is 10.0 Å². The molecule has 0 amide bonds. The molecule has 0 atom stereocenters. The number of fused-ring (bicyclic) bond motifs is 1. The van der Waals surface area contributed by atoms with Gasteiger partial charge < -0.3 is 4.98 Å². The fourth-order valence-corrected chi connectivity index (χ4v) is 2.53. The zero-order valence-corrected chi connectivity index (χ0v) is 11.6. The van der Waals surface area contributed by atoms with Crippen molar-refractivity contribution in [3.63, 3.8) is 0 Å². The van der Waals surface area contributed by atoms with E-state index in [1.54, 1.807) is 24.4 Å². The molecule has 2 nitrogen and oxygen atoms in total. The van der Waals surface area contributed by atoms with Crippen LogP contribution in [0.1, 0.15) is 15.9 Å². The quantitative estimate of drug-likeness (QED) is 0.675. The number of carbonyl (C=O) groups excluding carboxylic acids is 1. The Labute approximate surface area is 124 Å². The predicted octanol–water partition coefficient (Wildman–Crippen LogP) is 4.84. The number of rotatable bonds is 2. The number of nitrogens with one attached hydrogen (secondary N) is 1. The monoisotopic (exact) mass is 307 g/mol. The highest BCUT2D eigenvalue weighted by atomic mass is 35.5. The van der Waals surface area contributed by atoms with E-state index in [0.29, 0.717) is 10.6 Å². The van der Waals surface area contributed by atoms with Crippen molar-refractivity contribution in [2.75, 3.05) is 0 Å². The largest absolute Gasteiger partial charge is 0.360 e. The Morgan fingerprint density at radius 3 is 2.60 bits per heavy atom. The van der Waals surface area contributed by atoms with Gasteiger partial charge in [-0.2, -0.15) is 0 Å². The third kappa shape index (κ3) is 2.19. The van der Waals surface area contributed by atoms with Crippen molar-refractivity contribution in [1.82, 2.24) is 4.98 Å². The first-order valence-corrected chi connectivity index (χ1v) is 6.58. The summed E-state index contributed by atoms with van der Waals surface area (Å²) in [6.07, 6.45) is 1.60.